The number of para-hydroxylation sites is 1. The summed E-state index contributed by atoms with van der Waals surface area (Å²) in [6, 6.07) is 15.6. The van der Waals surface area contributed by atoms with E-state index < -0.39 is 10.0 Å². The average molecular weight is 417 g/mol. The number of rotatable bonds is 8. The molecule has 156 valence electrons. The van der Waals surface area contributed by atoms with Crippen molar-refractivity contribution in [3.8, 4) is 5.75 Å². The van der Waals surface area contributed by atoms with Crippen LogP contribution in [-0.4, -0.2) is 40.6 Å². The fourth-order valence-corrected chi connectivity index (χ4v) is 3.96. The molecule has 2 aromatic carbocycles. The van der Waals surface area contributed by atoms with Gasteiger partial charge in [0.25, 0.3) is 0 Å². The molecular formula is C21H28N4O3S. The summed E-state index contributed by atoms with van der Waals surface area (Å²) in [5, 5.41) is 6.58. The standard InChI is InChI=1S/C21H28N4O3S/c1-3-23-21(25-14-19-12-18-9-4-5-10-20(18)28-19)24-13-16-7-6-8-17(11-16)15-29(26,27)22-2/h4-11,19,22H,3,12-15H2,1-2H3,(H2,23,24,25). The summed E-state index contributed by atoms with van der Waals surface area (Å²) in [5.41, 5.74) is 2.92. The summed E-state index contributed by atoms with van der Waals surface area (Å²) in [6.07, 6.45) is 0.955. The Morgan fingerprint density at radius 2 is 1.93 bits per heavy atom. The Morgan fingerprint density at radius 1 is 1.14 bits per heavy atom. The summed E-state index contributed by atoms with van der Waals surface area (Å²) in [6.45, 7) is 3.87. The lowest BCUT2D eigenvalue weighted by Crippen LogP contribution is -2.42. The van der Waals surface area contributed by atoms with Gasteiger partial charge in [-0.1, -0.05) is 42.5 Å². The van der Waals surface area contributed by atoms with Crippen LogP contribution in [0, 0.1) is 0 Å². The first-order valence-corrected chi connectivity index (χ1v) is 11.4. The van der Waals surface area contributed by atoms with Crippen LogP contribution in [0.4, 0.5) is 0 Å². The van der Waals surface area contributed by atoms with Gasteiger partial charge in [-0.3, -0.25) is 0 Å². The molecule has 1 heterocycles. The van der Waals surface area contributed by atoms with Crippen molar-refractivity contribution in [3.63, 3.8) is 0 Å². The molecule has 0 aliphatic carbocycles. The van der Waals surface area contributed by atoms with Crippen molar-refractivity contribution >= 4 is 16.0 Å². The number of sulfonamides is 1. The maximum atomic E-state index is 11.8. The molecule has 0 fully saturated rings. The molecule has 0 aromatic heterocycles. The minimum Gasteiger partial charge on any atom is -0.488 e. The van der Waals surface area contributed by atoms with E-state index in [1.165, 1.54) is 12.6 Å². The lowest BCUT2D eigenvalue weighted by molar-refractivity contribution is 0.235. The third-order valence-corrected chi connectivity index (χ3v) is 5.97. The molecule has 0 radical (unpaired) electrons. The van der Waals surface area contributed by atoms with E-state index in [4.69, 9.17) is 4.74 Å². The fourth-order valence-electron chi connectivity index (χ4n) is 3.20. The third kappa shape index (κ3) is 6.20. The SMILES string of the molecule is CCNC(=NCc1cccc(CS(=O)(=O)NC)c1)NCC1Cc2ccccc2O1. The number of guanidine groups is 1. The predicted molar refractivity (Wildman–Crippen MR) is 116 cm³/mol. The maximum Gasteiger partial charge on any atom is 0.215 e. The Labute approximate surface area is 172 Å². The molecule has 0 amide bonds. The fraction of sp³-hybridized carbons (Fsp3) is 0.381. The quantitative estimate of drug-likeness (QED) is 0.451. The normalized spacial score (nSPS) is 16.2. The van der Waals surface area contributed by atoms with Crippen molar-refractivity contribution in [2.24, 2.45) is 4.99 Å². The van der Waals surface area contributed by atoms with Crippen molar-refractivity contribution < 1.29 is 13.2 Å². The van der Waals surface area contributed by atoms with Crippen molar-refractivity contribution in [1.82, 2.24) is 15.4 Å². The first-order chi connectivity index (χ1) is 14.0. The van der Waals surface area contributed by atoms with Crippen LogP contribution >= 0.6 is 0 Å². The minimum atomic E-state index is -3.29. The Bertz CT molecular complexity index is 935. The Balaban J connectivity index is 1.58. The van der Waals surface area contributed by atoms with Gasteiger partial charge in [-0.25, -0.2) is 18.1 Å². The van der Waals surface area contributed by atoms with E-state index >= 15 is 0 Å². The Morgan fingerprint density at radius 3 is 2.69 bits per heavy atom. The second-order valence-corrected chi connectivity index (χ2v) is 8.84. The Kier molecular flexibility index (Phi) is 7.11. The van der Waals surface area contributed by atoms with Gasteiger partial charge in [-0.15, -0.1) is 0 Å². The molecule has 0 bridgehead atoms. The predicted octanol–water partition coefficient (Wildman–Crippen LogP) is 1.79. The van der Waals surface area contributed by atoms with Crippen LogP contribution in [0.25, 0.3) is 0 Å². The summed E-state index contributed by atoms with van der Waals surface area (Å²) in [7, 11) is -1.87. The van der Waals surface area contributed by atoms with Crippen LogP contribution in [0.5, 0.6) is 5.75 Å². The highest BCUT2D eigenvalue weighted by molar-refractivity contribution is 7.88. The van der Waals surface area contributed by atoms with Crippen molar-refractivity contribution in [2.75, 3.05) is 20.1 Å². The molecule has 29 heavy (non-hydrogen) atoms. The first-order valence-electron chi connectivity index (χ1n) is 9.75. The van der Waals surface area contributed by atoms with Crippen molar-refractivity contribution in [3.05, 3.63) is 65.2 Å². The van der Waals surface area contributed by atoms with Gasteiger partial charge >= 0.3 is 0 Å². The summed E-state index contributed by atoms with van der Waals surface area (Å²) in [5.74, 6) is 1.62. The molecule has 7 nitrogen and oxygen atoms in total. The molecule has 1 unspecified atom stereocenters. The molecule has 0 saturated carbocycles. The van der Waals surface area contributed by atoms with Crippen LogP contribution in [-0.2, 0) is 28.7 Å². The van der Waals surface area contributed by atoms with Gasteiger partial charge in [0.2, 0.25) is 10.0 Å². The summed E-state index contributed by atoms with van der Waals surface area (Å²) in [4.78, 5) is 4.63. The zero-order valence-corrected chi connectivity index (χ0v) is 17.6. The van der Waals surface area contributed by atoms with E-state index in [1.54, 1.807) is 6.07 Å². The monoisotopic (exact) mass is 416 g/mol. The van der Waals surface area contributed by atoms with Crippen LogP contribution in [0.1, 0.15) is 23.6 Å². The van der Waals surface area contributed by atoms with Crippen molar-refractivity contribution in [1.29, 1.82) is 0 Å². The number of nitrogens with one attached hydrogen (secondary N) is 3. The lowest BCUT2D eigenvalue weighted by Gasteiger charge is -2.15. The number of ether oxygens (including phenoxy) is 1. The molecule has 1 atom stereocenters. The first kappa shape index (κ1) is 21.1. The Hall–Kier alpha value is -2.58. The molecule has 2 aromatic rings. The van der Waals surface area contributed by atoms with E-state index in [1.807, 2.05) is 43.3 Å². The molecule has 1 aliphatic heterocycles. The summed E-state index contributed by atoms with van der Waals surface area (Å²) >= 11 is 0. The zero-order chi connectivity index (χ0) is 20.7. The zero-order valence-electron chi connectivity index (χ0n) is 16.8. The topological polar surface area (TPSA) is 91.8 Å². The second-order valence-electron chi connectivity index (χ2n) is 6.91. The number of hydrogen-bond donors (Lipinski definition) is 3. The molecule has 3 rings (SSSR count). The van der Waals surface area contributed by atoms with Crippen LogP contribution in [0.15, 0.2) is 53.5 Å². The van der Waals surface area contributed by atoms with Gasteiger partial charge in [-0.2, -0.15) is 0 Å². The number of hydrogen-bond acceptors (Lipinski definition) is 4. The van der Waals surface area contributed by atoms with E-state index in [0.29, 0.717) is 19.0 Å². The van der Waals surface area contributed by atoms with Crippen molar-refractivity contribution in [2.45, 2.75) is 31.7 Å². The van der Waals surface area contributed by atoms with E-state index in [9.17, 15) is 8.42 Å². The van der Waals surface area contributed by atoms with Gasteiger partial charge in [0, 0.05) is 13.0 Å². The lowest BCUT2D eigenvalue weighted by atomic mass is 10.1. The van der Waals surface area contributed by atoms with Gasteiger partial charge in [0.05, 0.1) is 18.8 Å². The second kappa shape index (κ2) is 9.76. The molecular weight excluding hydrogens is 388 g/mol. The van der Waals surface area contributed by atoms with E-state index in [0.717, 1.165) is 29.8 Å². The largest absolute Gasteiger partial charge is 0.488 e. The van der Waals surface area contributed by atoms with Gasteiger partial charge in [0.1, 0.15) is 11.9 Å². The molecule has 1 aliphatic rings. The third-order valence-electron chi connectivity index (χ3n) is 4.63. The molecule has 3 N–H and O–H groups in total. The number of nitrogens with zero attached hydrogens (tertiary/aromatic N) is 1. The van der Waals surface area contributed by atoms with Gasteiger partial charge < -0.3 is 15.4 Å². The number of benzene rings is 2. The molecule has 0 saturated heterocycles. The van der Waals surface area contributed by atoms with E-state index in [2.05, 4.69) is 26.4 Å². The number of aliphatic imine (C=N–C) groups is 1. The number of fused-ring (bicyclic) bond motifs is 1. The van der Waals surface area contributed by atoms with Gasteiger partial charge in [-0.05, 0) is 36.7 Å². The molecule has 8 heteroatoms. The molecule has 0 spiro atoms. The van der Waals surface area contributed by atoms with Crippen LogP contribution in [0.3, 0.4) is 0 Å². The minimum absolute atomic E-state index is 0.0427. The highest BCUT2D eigenvalue weighted by atomic mass is 32.2. The smallest absolute Gasteiger partial charge is 0.215 e. The van der Waals surface area contributed by atoms with Crippen LogP contribution in [0.2, 0.25) is 0 Å². The average Bonchev–Trinajstić information content (AvgIpc) is 3.13. The van der Waals surface area contributed by atoms with Crippen LogP contribution < -0.4 is 20.1 Å². The highest BCUT2D eigenvalue weighted by Gasteiger charge is 2.22. The highest BCUT2D eigenvalue weighted by Crippen LogP contribution is 2.27. The summed E-state index contributed by atoms with van der Waals surface area (Å²) < 4.78 is 31.8. The van der Waals surface area contributed by atoms with Gasteiger partial charge in [0.15, 0.2) is 5.96 Å². The van der Waals surface area contributed by atoms with E-state index in [-0.39, 0.29) is 11.9 Å². The maximum absolute atomic E-state index is 11.8.